The van der Waals surface area contributed by atoms with Crippen LogP contribution in [-0.4, -0.2) is 27.5 Å². The number of ether oxygens (including phenoxy) is 2. The Labute approximate surface area is 180 Å². The first-order valence-corrected chi connectivity index (χ1v) is 11.2. The maximum atomic E-state index is 12.8. The van der Waals surface area contributed by atoms with Gasteiger partial charge in [0.05, 0.1) is 11.4 Å². The van der Waals surface area contributed by atoms with Gasteiger partial charge in [0.2, 0.25) is 17.8 Å². The quantitative estimate of drug-likeness (QED) is 0.536. The summed E-state index contributed by atoms with van der Waals surface area (Å²) in [6.45, 7) is 6.37. The second kappa shape index (κ2) is 8.87. The summed E-state index contributed by atoms with van der Waals surface area (Å²) in [6, 6.07) is 7.66. The smallest absolute Gasteiger partial charge is 0.231 e. The Bertz CT molecular complexity index is 1040. The fourth-order valence-electron chi connectivity index (χ4n) is 3.62. The number of nitrogens with zero attached hydrogens (tertiary/aromatic N) is 3. The van der Waals surface area contributed by atoms with Crippen LogP contribution < -0.4 is 14.8 Å². The first-order chi connectivity index (χ1) is 14.6. The van der Waals surface area contributed by atoms with Crippen LogP contribution in [0.15, 0.2) is 29.6 Å². The molecule has 2 aromatic heterocycles. The van der Waals surface area contributed by atoms with Crippen molar-refractivity contribution in [2.45, 2.75) is 46.5 Å². The Balaban J connectivity index is 1.58. The monoisotopic (exact) mass is 426 g/mol. The third-order valence-corrected chi connectivity index (χ3v) is 5.89. The molecule has 0 unspecified atom stereocenters. The molecular formula is C22H26N4O3S. The Morgan fingerprint density at radius 2 is 1.97 bits per heavy atom. The molecule has 8 heteroatoms. The Hall–Kier alpha value is -2.87. The van der Waals surface area contributed by atoms with Crippen LogP contribution in [0.5, 0.6) is 11.5 Å². The summed E-state index contributed by atoms with van der Waals surface area (Å²) in [7, 11) is 0. The molecule has 3 heterocycles. The Kier molecular flexibility index (Phi) is 6.03. The number of anilines is 1. The molecule has 1 aliphatic rings. The minimum atomic E-state index is 0.0177. The molecule has 0 spiro atoms. The van der Waals surface area contributed by atoms with Crippen molar-refractivity contribution in [3.8, 4) is 27.9 Å². The van der Waals surface area contributed by atoms with Crippen molar-refractivity contribution >= 4 is 23.1 Å². The average Bonchev–Trinajstić information content (AvgIpc) is 3.46. The standard InChI is InChI=1S/C22H26N4O3S/c1-4-6-15(7-5-2)21(27)24-20-10-14(3)25-26(20)22-23-17(12-30-22)16-8-9-18-19(11-16)29-13-28-18/h8-12,15H,4-7,13H2,1-3H3,(H,24,27). The van der Waals surface area contributed by atoms with Gasteiger partial charge in [-0.3, -0.25) is 4.79 Å². The summed E-state index contributed by atoms with van der Waals surface area (Å²) in [5, 5.41) is 10.3. The highest BCUT2D eigenvalue weighted by Crippen LogP contribution is 2.36. The van der Waals surface area contributed by atoms with Crippen LogP contribution >= 0.6 is 11.3 Å². The molecule has 0 saturated carbocycles. The highest BCUT2D eigenvalue weighted by molar-refractivity contribution is 7.12. The fraction of sp³-hybridized carbons (Fsp3) is 0.409. The van der Waals surface area contributed by atoms with Gasteiger partial charge in [-0.1, -0.05) is 26.7 Å². The highest BCUT2D eigenvalue weighted by Gasteiger charge is 2.21. The number of amides is 1. The van der Waals surface area contributed by atoms with E-state index in [0.29, 0.717) is 10.9 Å². The number of aromatic nitrogens is 3. The topological polar surface area (TPSA) is 78.3 Å². The number of thiazole rings is 1. The molecule has 0 atom stereocenters. The molecule has 1 amide bonds. The number of rotatable bonds is 8. The highest BCUT2D eigenvalue weighted by atomic mass is 32.1. The molecule has 1 N–H and O–H groups in total. The van der Waals surface area contributed by atoms with Crippen LogP contribution in [0.1, 0.15) is 45.2 Å². The normalized spacial score (nSPS) is 12.5. The van der Waals surface area contributed by atoms with Gasteiger partial charge in [0.1, 0.15) is 5.82 Å². The van der Waals surface area contributed by atoms with Gasteiger partial charge >= 0.3 is 0 Å². The molecule has 0 aliphatic carbocycles. The molecule has 7 nitrogen and oxygen atoms in total. The second-order valence-corrected chi connectivity index (χ2v) is 8.27. The maximum Gasteiger partial charge on any atom is 0.231 e. The van der Waals surface area contributed by atoms with E-state index in [1.54, 1.807) is 4.68 Å². The van der Waals surface area contributed by atoms with Gasteiger partial charge in [0, 0.05) is 22.9 Å². The summed E-state index contributed by atoms with van der Waals surface area (Å²) < 4.78 is 12.6. The lowest BCUT2D eigenvalue weighted by atomic mass is 9.97. The SMILES string of the molecule is CCCC(CCC)C(=O)Nc1cc(C)nn1-c1nc(-c2ccc3c(c2)OCO3)cs1. The molecule has 1 aromatic carbocycles. The Morgan fingerprint density at radius 3 is 2.73 bits per heavy atom. The third kappa shape index (κ3) is 4.18. The van der Waals surface area contributed by atoms with E-state index in [1.807, 2.05) is 36.6 Å². The first kappa shape index (κ1) is 20.4. The Morgan fingerprint density at radius 1 is 1.20 bits per heavy atom. The number of carbonyl (C=O) groups is 1. The van der Waals surface area contributed by atoms with Crippen LogP contribution in [0.25, 0.3) is 16.4 Å². The molecule has 0 fully saturated rings. The van der Waals surface area contributed by atoms with E-state index >= 15 is 0 Å². The van der Waals surface area contributed by atoms with Crippen molar-refractivity contribution < 1.29 is 14.3 Å². The van der Waals surface area contributed by atoms with Crippen molar-refractivity contribution in [1.29, 1.82) is 0 Å². The fourth-order valence-corrected chi connectivity index (χ4v) is 4.41. The van der Waals surface area contributed by atoms with Crippen LogP contribution in [0, 0.1) is 12.8 Å². The minimum absolute atomic E-state index is 0.0177. The molecule has 4 rings (SSSR count). The van der Waals surface area contributed by atoms with Crippen LogP contribution in [0.2, 0.25) is 0 Å². The van der Waals surface area contributed by atoms with E-state index in [0.717, 1.165) is 54.1 Å². The van der Waals surface area contributed by atoms with E-state index in [9.17, 15) is 4.79 Å². The van der Waals surface area contributed by atoms with Gasteiger partial charge in [0.15, 0.2) is 11.5 Å². The lowest BCUT2D eigenvalue weighted by Crippen LogP contribution is -2.24. The van der Waals surface area contributed by atoms with Gasteiger partial charge in [-0.25, -0.2) is 4.98 Å². The van der Waals surface area contributed by atoms with Crippen LogP contribution in [0.3, 0.4) is 0 Å². The number of hydrogen-bond acceptors (Lipinski definition) is 6. The van der Waals surface area contributed by atoms with Crippen molar-refractivity contribution in [3.63, 3.8) is 0 Å². The first-order valence-electron chi connectivity index (χ1n) is 10.3. The largest absolute Gasteiger partial charge is 0.454 e. The van der Waals surface area contributed by atoms with Gasteiger partial charge in [-0.05, 0) is 38.0 Å². The van der Waals surface area contributed by atoms with E-state index < -0.39 is 0 Å². The average molecular weight is 427 g/mol. The zero-order valence-corrected chi connectivity index (χ0v) is 18.3. The number of aryl methyl sites for hydroxylation is 1. The number of benzene rings is 1. The molecule has 0 bridgehead atoms. The summed E-state index contributed by atoms with van der Waals surface area (Å²) in [6.07, 6.45) is 3.75. The lowest BCUT2D eigenvalue weighted by Gasteiger charge is -2.15. The van der Waals surface area contributed by atoms with Gasteiger partial charge in [0.25, 0.3) is 0 Å². The molecular weight excluding hydrogens is 400 g/mol. The molecule has 158 valence electrons. The molecule has 1 aliphatic heterocycles. The van der Waals surface area contributed by atoms with E-state index in [4.69, 9.17) is 14.5 Å². The van der Waals surface area contributed by atoms with Crippen molar-refractivity contribution in [3.05, 3.63) is 35.3 Å². The third-order valence-electron chi connectivity index (χ3n) is 5.07. The second-order valence-electron chi connectivity index (χ2n) is 7.43. The molecule has 0 saturated heterocycles. The summed E-state index contributed by atoms with van der Waals surface area (Å²) in [5.74, 6) is 2.19. The molecule has 0 radical (unpaired) electrons. The zero-order valence-electron chi connectivity index (χ0n) is 17.5. The summed E-state index contributed by atoms with van der Waals surface area (Å²) in [5.41, 5.74) is 2.60. The van der Waals surface area contributed by atoms with Crippen molar-refractivity contribution in [2.75, 3.05) is 12.1 Å². The van der Waals surface area contributed by atoms with Crippen LogP contribution in [0.4, 0.5) is 5.82 Å². The zero-order chi connectivity index (χ0) is 21.1. The predicted molar refractivity (Wildman–Crippen MR) is 117 cm³/mol. The number of hydrogen-bond donors (Lipinski definition) is 1. The van der Waals surface area contributed by atoms with Crippen molar-refractivity contribution in [2.24, 2.45) is 5.92 Å². The number of nitrogens with one attached hydrogen (secondary N) is 1. The van der Waals surface area contributed by atoms with Crippen molar-refractivity contribution in [1.82, 2.24) is 14.8 Å². The predicted octanol–water partition coefficient (Wildman–Crippen LogP) is 5.19. The van der Waals surface area contributed by atoms with Gasteiger partial charge in [-0.2, -0.15) is 9.78 Å². The maximum absolute atomic E-state index is 12.8. The van der Waals surface area contributed by atoms with Gasteiger partial charge < -0.3 is 14.8 Å². The molecule has 3 aromatic rings. The molecule has 30 heavy (non-hydrogen) atoms. The number of carbonyl (C=O) groups excluding carboxylic acids is 1. The summed E-state index contributed by atoms with van der Waals surface area (Å²) >= 11 is 1.48. The summed E-state index contributed by atoms with van der Waals surface area (Å²) in [4.78, 5) is 17.6. The van der Waals surface area contributed by atoms with E-state index in [2.05, 4.69) is 24.3 Å². The van der Waals surface area contributed by atoms with Crippen LogP contribution in [-0.2, 0) is 4.79 Å². The van der Waals surface area contributed by atoms with E-state index in [-0.39, 0.29) is 18.6 Å². The number of fused-ring (bicyclic) bond motifs is 1. The minimum Gasteiger partial charge on any atom is -0.454 e. The van der Waals surface area contributed by atoms with E-state index in [1.165, 1.54) is 11.3 Å². The lowest BCUT2D eigenvalue weighted by molar-refractivity contribution is -0.120. The van der Waals surface area contributed by atoms with Gasteiger partial charge in [-0.15, -0.1) is 11.3 Å².